The number of ether oxygens (including phenoxy) is 3. The molecule has 2 aromatic carbocycles. The predicted octanol–water partition coefficient (Wildman–Crippen LogP) is 3.13. The van der Waals surface area contributed by atoms with E-state index in [9.17, 15) is 4.79 Å². The van der Waals surface area contributed by atoms with Crippen LogP contribution < -0.4 is 30.3 Å². The molecule has 0 spiro atoms. The Morgan fingerprint density at radius 3 is 2.56 bits per heavy atom. The molecule has 1 aliphatic rings. The molecule has 7 nitrogen and oxygen atoms in total. The van der Waals surface area contributed by atoms with E-state index in [0.717, 1.165) is 40.9 Å². The van der Waals surface area contributed by atoms with E-state index in [0.29, 0.717) is 29.5 Å². The van der Waals surface area contributed by atoms with Gasteiger partial charge in [0.15, 0.2) is 11.5 Å². The first-order valence-electron chi connectivity index (χ1n) is 10.7. The number of hydrogen-bond acceptors (Lipinski definition) is 6. The van der Waals surface area contributed by atoms with Gasteiger partial charge in [-0.2, -0.15) is 0 Å². The smallest absolute Gasteiger partial charge is 0.203 e. The number of anilines is 1. The van der Waals surface area contributed by atoms with Crippen LogP contribution in [0.2, 0.25) is 0 Å². The predicted molar refractivity (Wildman–Crippen MR) is 123 cm³/mol. The Morgan fingerprint density at radius 1 is 1.09 bits per heavy atom. The van der Waals surface area contributed by atoms with Crippen molar-refractivity contribution >= 4 is 5.69 Å². The molecule has 0 radical (unpaired) electrons. The van der Waals surface area contributed by atoms with Crippen molar-refractivity contribution in [2.75, 3.05) is 33.7 Å². The molecule has 7 heteroatoms. The molecule has 32 heavy (non-hydrogen) atoms. The molecule has 0 saturated heterocycles. The molecular formula is C25H29N2O5+. The highest BCUT2D eigenvalue weighted by Gasteiger charge is 2.29. The summed E-state index contributed by atoms with van der Waals surface area (Å²) in [6.45, 7) is 0.436. The summed E-state index contributed by atoms with van der Waals surface area (Å²) in [5.41, 5.74) is 4.44. The summed E-state index contributed by atoms with van der Waals surface area (Å²) >= 11 is 0. The van der Waals surface area contributed by atoms with E-state index in [2.05, 4.69) is 10.6 Å². The molecule has 1 atom stereocenters. The van der Waals surface area contributed by atoms with Crippen molar-refractivity contribution in [1.29, 1.82) is 0 Å². The highest BCUT2D eigenvalue weighted by Crippen LogP contribution is 2.49. The number of nitrogens with one attached hydrogen (secondary N) is 1. The van der Waals surface area contributed by atoms with Crippen LogP contribution >= 0.6 is 0 Å². The number of aryl methyl sites for hydroxylation is 1. The van der Waals surface area contributed by atoms with Gasteiger partial charge in [0.1, 0.15) is 11.8 Å². The van der Waals surface area contributed by atoms with Gasteiger partial charge in [-0.15, -0.1) is 0 Å². The van der Waals surface area contributed by atoms with Crippen LogP contribution in [0, 0.1) is 0 Å². The van der Waals surface area contributed by atoms with Crippen LogP contribution in [0.3, 0.4) is 0 Å². The number of benzene rings is 1. The van der Waals surface area contributed by atoms with Gasteiger partial charge in [-0.3, -0.25) is 4.79 Å². The molecule has 1 heterocycles. The van der Waals surface area contributed by atoms with E-state index in [-0.39, 0.29) is 11.5 Å². The van der Waals surface area contributed by atoms with E-state index in [4.69, 9.17) is 18.6 Å². The number of quaternary nitrogens is 1. The second kappa shape index (κ2) is 9.36. The van der Waals surface area contributed by atoms with Crippen molar-refractivity contribution < 1.29 is 23.9 Å². The second-order valence-electron chi connectivity index (χ2n) is 7.72. The fourth-order valence-corrected chi connectivity index (χ4v) is 4.43. The van der Waals surface area contributed by atoms with Gasteiger partial charge in [-0.05, 0) is 47.9 Å². The van der Waals surface area contributed by atoms with E-state index >= 15 is 0 Å². The lowest BCUT2D eigenvalue weighted by Gasteiger charge is -2.19. The molecule has 1 aliphatic carbocycles. The van der Waals surface area contributed by atoms with Crippen LogP contribution in [0.1, 0.15) is 29.3 Å². The minimum atomic E-state index is -0.0625. The van der Waals surface area contributed by atoms with Crippen molar-refractivity contribution in [3.8, 4) is 28.4 Å². The van der Waals surface area contributed by atoms with Crippen LogP contribution in [-0.4, -0.2) is 28.4 Å². The van der Waals surface area contributed by atoms with Crippen molar-refractivity contribution in [2.45, 2.75) is 25.4 Å². The van der Waals surface area contributed by atoms with Crippen LogP contribution in [0.4, 0.5) is 5.69 Å². The summed E-state index contributed by atoms with van der Waals surface area (Å²) in [6.07, 6.45) is 3.33. The molecule has 168 valence electrons. The Morgan fingerprint density at radius 2 is 1.91 bits per heavy atom. The van der Waals surface area contributed by atoms with Crippen molar-refractivity contribution in [2.24, 2.45) is 0 Å². The van der Waals surface area contributed by atoms with Crippen LogP contribution in [-0.2, 0) is 13.0 Å². The quantitative estimate of drug-likeness (QED) is 0.591. The lowest BCUT2D eigenvalue weighted by Crippen LogP contribution is -2.81. The Labute approximate surface area is 187 Å². The SMILES string of the molecule is C[NH2+][C@H]1CCc2cc(OC)c(OC)c(OC)c2-c2ccc(NCc3ccco3)c(=O)cc21. The Balaban J connectivity index is 1.91. The summed E-state index contributed by atoms with van der Waals surface area (Å²) in [6, 6.07) is 11.4. The standard InChI is InChI=1S/C25H28N2O5/c1-26-19-9-7-15-12-22(29-2)24(30-3)25(31-4)23(15)17-8-10-20(21(28)13-18(17)19)27-14-16-6-5-11-32-16/h5-6,8,10-13,19,26H,7,9,14H2,1-4H3,(H,27,28)/p+1/t19-/m0/s1. The van der Waals surface area contributed by atoms with Crippen molar-refractivity contribution in [3.05, 3.63) is 69.8 Å². The summed E-state index contributed by atoms with van der Waals surface area (Å²) in [5.74, 6) is 2.56. The average molecular weight is 438 g/mol. The van der Waals surface area contributed by atoms with E-state index in [1.165, 1.54) is 0 Å². The number of nitrogens with two attached hydrogens (primary N) is 1. The first kappa shape index (κ1) is 21.8. The highest BCUT2D eigenvalue weighted by atomic mass is 16.5. The lowest BCUT2D eigenvalue weighted by atomic mass is 9.95. The number of methoxy groups -OCH3 is 3. The van der Waals surface area contributed by atoms with Gasteiger partial charge in [-0.25, -0.2) is 0 Å². The maximum Gasteiger partial charge on any atom is 0.203 e. The molecule has 4 rings (SSSR count). The maximum atomic E-state index is 13.1. The Kier molecular flexibility index (Phi) is 6.37. The number of furan rings is 1. The third-order valence-electron chi connectivity index (χ3n) is 6.02. The average Bonchev–Trinajstić information content (AvgIpc) is 3.22. The minimum absolute atomic E-state index is 0.0625. The zero-order valence-corrected chi connectivity index (χ0v) is 18.9. The molecule has 1 aromatic heterocycles. The molecule has 3 N–H and O–H groups in total. The fourth-order valence-electron chi connectivity index (χ4n) is 4.43. The largest absolute Gasteiger partial charge is 0.493 e. The van der Waals surface area contributed by atoms with Gasteiger partial charge in [0, 0.05) is 17.5 Å². The van der Waals surface area contributed by atoms with Gasteiger partial charge < -0.3 is 29.3 Å². The Bertz CT molecular complexity index is 1160. The number of fused-ring (bicyclic) bond motifs is 3. The first-order valence-corrected chi connectivity index (χ1v) is 10.7. The molecule has 0 saturated carbocycles. The highest BCUT2D eigenvalue weighted by molar-refractivity contribution is 5.82. The third-order valence-corrected chi connectivity index (χ3v) is 6.02. The second-order valence-corrected chi connectivity index (χ2v) is 7.72. The molecule has 0 bridgehead atoms. The fraction of sp³-hybridized carbons (Fsp3) is 0.320. The van der Waals surface area contributed by atoms with Gasteiger partial charge in [-0.1, -0.05) is 6.07 Å². The summed E-state index contributed by atoms with van der Waals surface area (Å²) in [7, 11) is 6.89. The zero-order chi connectivity index (χ0) is 22.7. The summed E-state index contributed by atoms with van der Waals surface area (Å²) < 4.78 is 22.4. The third kappa shape index (κ3) is 3.91. The molecule has 3 aromatic rings. The van der Waals surface area contributed by atoms with Gasteiger partial charge in [0.25, 0.3) is 0 Å². The molecular weight excluding hydrogens is 408 g/mol. The van der Waals surface area contributed by atoms with Gasteiger partial charge >= 0.3 is 0 Å². The molecule has 0 amide bonds. The number of hydrogen-bond donors (Lipinski definition) is 2. The van der Waals surface area contributed by atoms with Gasteiger partial charge in [0.05, 0.1) is 46.9 Å². The van der Waals surface area contributed by atoms with E-state index in [1.54, 1.807) is 33.7 Å². The number of rotatable bonds is 7. The first-order chi connectivity index (χ1) is 15.6. The van der Waals surface area contributed by atoms with Crippen LogP contribution in [0.25, 0.3) is 11.1 Å². The monoisotopic (exact) mass is 437 g/mol. The topological polar surface area (TPSA) is 86.5 Å². The van der Waals surface area contributed by atoms with Crippen LogP contribution in [0.15, 0.2) is 51.9 Å². The lowest BCUT2D eigenvalue weighted by molar-refractivity contribution is -0.670. The van der Waals surface area contributed by atoms with E-state index < -0.39 is 0 Å². The molecule has 0 fully saturated rings. The molecule has 0 unspecified atom stereocenters. The Hall–Kier alpha value is -3.45. The van der Waals surface area contributed by atoms with Crippen LogP contribution in [0.5, 0.6) is 17.2 Å². The normalized spacial score (nSPS) is 14.7. The van der Waals surface area contributed by atoms with Crippen molar-refractivity contribution in [1.82, 2.24) is 0 Å². The molecule has 0 aliphatic heterocycles. The van der Waals surface area contributed by atoms with Gasteiger partial charge in [0.2, 0.25) is 11.2 Å². The minimum Gasteiger partial charge on any atom is -0.493 e. The van der Waals surface area contributed by atoms with Crippen molar-refractivity contribution in [3.63, 3.8) is 0 Å². The summed E-state index contributed by atoms with van der Waals surface area (Å²) in [4.78, 5) is 13.1. The maximum absolute atomic E-state index is 13.1. The zero-order valence-electron chi connectivity index (χ0n) is 18.9. The summed E-state index contributed by atoms with van der Waals surface area (Å²) in [5, 5.41) is 5.36. The van der Waals surface area contributed by atoms with E-state index in [1.807, 2.05) is 37.4 Å².